The molecule has 77 heavy (non-hydrogen) atoms. The summed E-state index contributed by atoms with van der Waals surface area (Å²) in [5.41, 5.74) is 0. The summed E-state index contributed by atoms with van der Waals surface area (Å²) in [7, 11) is 1.19. The maximum Gasteiger partial charge on any atom is 0.306 e. The fraction of sp³-hybridized carbons (Fsp3) is 0.881. The predicted octanol–water partition coefficient (Wildman–Crippen LogP) is 20.0. The number of hydrogen-bond acceptors (Lipinski definition) is 7. The Kier molecular flexibility index (Phi) is 56.1. The number of carbonyl (C=O) groups is 2. The average Bonchev–Trinajstić information content (AvgIpc) is 3.39. The van der Waals surface area contributed by atoms with Gasteiger partial charge in [0.05, 0.1) is 33.8 Å². The fourth-order valence-corrected chi connectivity index (χ4v) is 10.7. The second-order valence-corrected chi connectivity index (χ2v) is 25.4. The number of nitrogens with one attached hydrogen (secondary N) is 1. The van der Waals surface area contributed by atoms with Crippen molar-refractivity contribution in [2.75, 3.05) is 40.9 Å². The van der Waals surface area contributed by atoms with Gasteiger partial charge in [0.15, 0.2) is 0 Å². The summed E-state index contributed by atoms with van der Waals surface area (Å²) in [6.07, 6.45) is 69.9. The number of carbonyl (C=O) groups excluding carboxylic acids is 2. The Morgan fingerprint density at radius 3 is 1.23 bits per heavy atom. The Hall–Kier alpha value is -1.77. The van der Waals surface area contributed by atoms with E-state index in [0.717, 1.165) is 83.5 Å². The van der Waals surface area contributed by atoms with E-state index in [1.54, 1.807) is 0 Å². The molecule has 0 radical (unpaired) electrons. The van der Waals surface area contributed by atoms with Gasteiger partial charge in [-0.05, 0) is 57.4 Å². The maximum absolute atomic E-state index is 13.6. The number of rotatable bonds is 61. The van der Waals surface area contributed by atoms with Gasteiger partial charge in [-0.25, -0.2) is 0 Å². The monoisotopic (exact) mass is 1100 g/mol. The van der Waals surface area contributed by atoms with Crippen molar-refractivity contribution in [2.45, 2.75) is 341 Å². The minimum atomic E-state index is -4.70. The minimum absolute atomic E-state index is 0.0212. The van der Waals surface area contributed by atoms with Crippen LogP contribution in [0.5, 0.6) is 0 Å². The molecule has 0 fully saturated rings. The van der Waals surface area contributed by atoms with Crippen molar-refractivity contribution in [3.63, 3.8) is 0 Å². The lowest BCUT2D eigenvalue weighted by atomic mass is 10.0. The van der Waals surface area contributed by atoms with Crippen LogP contribution in [-0.4, -0.2) is 69.4 Å². The first-order valence-corrected chi connectivity index (χ1v) is 34.8. The zero-order valence-corrected chi connectivity index (χ0v) is 52.8. The maximum atomic E-state index is 13.6. The van der Waals surface area contributed by atoms with Gasteiger partial charge in [-0.15, -0.1) is 0 Å². The largest absolute Gasteiger partial charge is 0.756 e. The lowest BCUT2D eigenvalue weighted by Crippen LogP contribution is -2.47. The first-order chi connectivity index (χ1) is 37.4. The van der Waals surface area contributed by atoms with Gasteiger partial charge in [-0.3, -0.25) is 14.2 Å². The van der Waals surface area contributed by atoms with Crippen molar-refractivity contribution < 1.29 is 37.3 Å². The molecule has 1 amide bonds. The summed E-state index contributed by atoms with van der Waals surface area (Å²) in [6, 6.07) is -0.887. The molecule has 0 bridgehead atoms. The van der Waals surface area contributed by atoms with Gasteiger partial charge in [0.25, 0.3) is 7.82 Å². The second kappa shape index (κ2) is 57.5. The summed E-state index contributed by atoms with van der Waals surface area (Å²) in [4.78, 5) is 40.0. The summed E-state index contributed by atoms with van der Waals surface area (Å²) >= 11 is 0. The van der Waals surface area contributed by atoms with E-state index in [9.17, 15) is 19.0 Å². The van der Waals surface area contributed by atoms with Crippen LogP contribution in [0, 0.1) is 0 Å². The van der Waals surface area contributed by atoms with Gasteiger partial charge in [0, 0.05) is 12.8 Å². The number of ether oxygens (including phenoxy) is 1. The van der Waals surface area contributed by atoms with Gasteiger partial charge < -0.3 is 28.5 Å². The van der Waals surface area contributed by atoms with E-state index >= 15 is 0 Å². The smallest absolute Gasteiger partial charge is 0.306 e. The van der Waals surface area contributed by atoms with Crippen molar-refractivity contribution in [3.05, 3.63) is 36.5 Å². The van der Waals surface area contributed by atoms with Crippen LogP contribution in [0.3, 0.4) is 0 Å². The molecule has 9 nitrogen and oxygen atoms in total. The minimum Gasteiger partial charge on any atom is -0.756 e. The molecular weight excluding hydrogens is 976 g/mol. The molecule has 3 atom stereocenters. The first kappa shape index (κ1) is 75.2. The third-order valence-electron chi connectivity index (χ3n) is 15.1. The highest BCUT2D eigenvalue weighted by molar-refractivity contribution is 7.45. The van der Waals surface area contributed by atoms with Crippen molar-refractivity contribution in [1.82, 2.24) is 5.32 Å². The molecule has 0 heterocycles. The molecule has 0 aliphatic heterocycles. The third-order valence-corrected chi connectivity index (χ3v) is 16.0. The molecule has 10 heteroatoms. The molecule has 0 aliphatic rings. The molecule has 0 rings (SSSR count). The van der Waals surface area contributed by atoms with Gasteiger partial charge in [0.1, 0.15) is 19.3 Å². The van der Waals surface area contributed by atoms with Crippen LogP contribution in [0.2, 0.25) is 0 Å². The highest BCUT2D eigenvalue weighted by Gasteiger charge is 2.27. The molecular formula is C67H129N2O7P. The van der Waals surface area contributed by atoms with Gasteiger partial charge >= 0.3 is 5.97 Å². The quantitative estimate of drug-likeness (QED) is 0.0212. The van der Waals surface area contributed by atoms with Crippen LogP contribution in [-0.2, 0) is 27.9 Å². The SMILES string of the molecule is CC/C=C/C/C=C/CCCCCCCCCC(=O)OC(/C=C\CCCCCCCCCCCC)C(COP(=O)([O-])OCC[N+](C)(C)C)NC(=O)CCCCCCCCCCCCCCCCCCCCCCCCCCC. The molecule has 0 aromatic rings. The number of quaternary nitrogens is 1. The van der Waals surface area contributed by atoms with E-state index < -0.39 is 20.0 Å². The van der Waals surface area contributed by atoms with Crippen LogP contribution in [0.4, 0.5) is 0 Å². The fourth-order valence-electron chi connectivity index (χ4n) is 9.97. The number of phosphoric ester groups is 1. The van der Waals surface area contributed by atoms with E-state index in [1.807, 2.05) is 33.3 Å². The van der Waals surface area contributed by atoms with Crippen LogP contribution in [0.15, 0.2) is 36.5 Å². The zero-order chi connectivity index (χ0) is 56.4. The highest BCUT2D eigenvalue weighted by Crippen LogP contribution is 2.38. The summed E-state index contributed by atoms with van der Waals surface area (Å²) < 4.78 is 30.3. The normalized spacial score (nSPS) is 13.8. The standard InChI is InChI=1S/C67H129N2O7P/c1-7-10-13-16-19-22-25-28-30-31-32-33-34-35-36-37-38-39-40-41-44-47-50-53-56-59-66(70)68-64(63-75-77(72,73)74-62-61-69(4,5)6)65(58-55-52-49-46-43-27-24-21-18-15-12-9-3)76-67(71)60-57-54-51-48-45-42-29-26-23-20-17-14-11-8-2/h11,14,20,23,55,58,64-65H,7-10,12-13,15-19,21-22,24-54,56-57,59-63H2,1-6H3,(H-,68,70,72,73)/b14-11+,23-20+,58-55-. The van der Waals surface area contributed by atoms with Crippen molar-refractivity contribution in [2.24, 2.45) is 0 Å². The van der Waals surface area contributed by atoms with E-state index in [4.69, 9.17) is 13.8 Å². The number of phosphoric acid groups is 1. The molecule has 3 unspecified atom stereocenters. The third kappa shape index (κ3) is 58.7. The molecule has 454 valence electrons. The number of allylic oxidation sites excluding steroid dienone is 5. The van der Waals surface area contributed by atoms with Crippen molar-refractivity contribution in [1.29, 1.82) is 0 Å². The predicted molar refractivity (Wildman–Crippen MR) is 330 cm³/mol. The Balaban J connectivity index is 5.03. The lowest BCUT2D eigenvalue weighted by Gasteiger charge is -2.30. The van der Waals surface area contributed by atoms with Crippen molar-refractivity contribution >= 4 is 19.7 Å². The summed E-state index contributed by atoms with van der Waals surface area (Å²) in [5, 5.41) is 3.04. The van der Waals surface area contributed by atoms with E-state index in [1.165, 1.54) is 212 Å². The van der Waals surface area contributed by atoms with Crippen molar-refractivity contribution in [3.8, 4) is 0 Å². The molecule has 0 saturated heterocycles. The highest BCUT2D eigenvalue weighted by atomic mass is 31.2. The van der Waals surface area contributed by atoms with E-state index in [0.29, 0.717) is 17.4 Å². The van der Waals surface area contributed by atoms with E-state index in [-0.39, 0.29) is 31.5 Å². The molecule has 0 aliphatic carbocycles. The summed E-state index contributed by atoms with van der Waals surface area (Å²) in [6.45, 7) is 6.78. The van der Waals surface area contributed by atoms with Crippen LogP contribution in [0.1, 0.15) is 329 Å². The lowest BCUT2D eigenvalue weighted by molar-refractivity contribution is -0.870. The second-order valence-electron chi connectivity index (χ2n) is 24.0. The Morgan fingerprint density at radius 1 is 0.468 bits per heavy atom. The van der Waals surface area contributed by atoms with Gasteiger partial charge in [-0.1, -0.05) is 295 Å². The van der Waals surface area contributed by atoms with Crippen LogP contribution >= 0.6 is 7.82 Å². The molecule has 1 N–H and O–H groups in total. The summed E-state index contributed by atoms with van der Waals surface area (Å²) in [5.74, 6) is -0.535. The number of amides is 1. The topological polar surface area (TPSA) is 114 Å². The van der Waals surface area contributed by atoms with Gasteiger partial charge in [-0.2, -0.15) is 0 Å². The Morgan fingerprint density at radius 2 is 0.831 bits per heavy atom. The molecule has 0 aromatic heterocycles. The number of unbranched alkanes of at least 4 members (excludes halogenated alkanes) is 41. The number of nitrogens with zero attached hydrogens (tertiary/aromatic N) is 1. The van der Waals surface area contributed by atoms with Crippen LogP contribution in [0.25, 0.3) is 0 Å². The van der Waals surface area contributed by atoms with Gasteiger partial charge in [0.2, 0.25) is 5.91 Å². The number of esters is 1. The number of likely N-dealkylation sites (N-methyl/N-ethyl adjacent to an activating group) is 1. The first-order valence-electron chi connectivity index (χ1n) is 33.3. The molecule has 0 saturated carbocycles. The molecule has 0 aromatic carbocycles. The zero-order valence-electron chi connectivity index (χ0n) is 51.9. The van der Waals surface area contributed by atoms with E-state index in [2.05, 4.69) is 50.4 Å². The van der Waals surface area contributed by atoms with Crippen LogP contribution < -0.4 is 10.2 Å². The average molecular weight is 1110 g/mol. The Labute approximate surface area is 478 Å². The molecule has 0 spiro atoms. The Bertz CT molecular complexity index is 1410. The number of hydrogen-bond donors (Lipinski definition) is 1.